The minimum atomic E-state index is -4.48. The van der Waals surface area contributed by atoms with Crippen molar-refractivity contribution >= 4 is 5.97 Å². The van der Waals surface area contributed by atoms with E-state index in [4.69, 9.17) is 0 Å². The lowest BCUT2D eigenvalue weighted by Gasteiger charge is -2.11. The Labute approximate surface area is 101 Å². The second kappa shape index (κ2) is 5.20. The van der Waals surface area contributed by atoms with E-state index in [-0.39, 0.29) is 5.56 Å². The van der Waals surface area contributed by atoms with Gasteiger partial charge in [0.15, 0.2) is 6.17 Å². The summed E-state index contributed by atoms with van der Waals surface area (Å²) in [5, 5.41) is 0. The molecule has 0 N–H and O–H groups in total. The zero-order chi connectivity index (χ0) is 13.9. The van der Waals surface area contributed by atoms with E-state index in [0.717, 1.165) is 31.4 Å². The molecule has 0 aliphatic heterocycles. The highest BCUT2D eigenvalue weighted by Crippen LogP contribution is 2.32. The summed E-state index contributed by atoms with van der Waals surface area (Å²) < 4.78 is 54.8. The molecule has 98 valence electrons. The fourth-order valence-corrected chi connectivity index (χ4v) is 1.28. The van der Waals surface area contributed by atoms with Crippen LogP contribution < -0.4 is 0 Å². The first-order chi connectivity index (χ1) is 8.27. The standard InChI is InChI=1S/C12H10F4O2/c1-7(11(17)18-2)10(13)8-3-5-9(6-4-8)12(14,15)16/h3-6,10H,1H2,2H3. The van der Waals surface area contributed by atoms with Crippen LogP contribution in [0.4, 0.5) is 17.6 Å². The average Bonchev–Trinajstić information content (AvgIpc) is 2.35. The molecule has 1 aromatic rings. The molecule has 0 aliphatic rings. The smallest absolute Gasteiger partial charge is 0.416 e. The highest BCUT2D eigenvalue weighted by molar-refractivity contribution is 5.89. The van der Waals surface area contributed by atoms with Crippen molar-refractivity contribution in [2.75, 3.05) is 7.11 Å². The summed E-state index contributed by atoms with van der Waals surface area (Å²) in [5.41, 5.74) is -1.43. The molecule has 2 nitrogen and oxygen atoms in total. The lowest BCUT2D eigenvalue weighted by Crippen LogP contribution is -2.10. The summed E-state index contributed by atoms with van der Waals surface area (Å²) in [4.78, 5) is 11.0. The Hall–Kier alpha value is -1.85. The quantitative estimate of drug-likeness (QED) is 0.474. The van der Waals surface area contributed by atoms with E-state index < -0.39 is 29.5 Å². The van der Waals surface area contributed by atoms with Gasteiger partial charge in [0.2, 0.25) is 0 Å². The molecule has 1 rings (SSSR count). The summed E-state index contributed by atoms with van der Waals surface area (Å²) in [6, 6.07) is 3.40. The molecule has 0 fully saturated rings. The van der Waals surface area contributed by atoms with Crippen LogP contribution in [-0.4, -0.2) is 13.1 Å². The normalized spacial score (nSPS) is 12.9. The maximum Gasteiger partial charge on any atom is 0.416 e. The van der Waals surface area contributed by atoms with Crippen molar-refractivity contribution in [2.45, 2.75) is 12.3 Å². The van der Waals surface area contributed by atoms with Crippen molar-refractivity contribution in [3.05, 3.63) is 47.5 Å². The van der Waals surface area contributed by atoms with Gasteiger partial charge < -0.3 is 4.74 Å². The van der Waals surface area contributed by atoms with Gasteiger partial charge in [-0.1, -0.05) is 18.7 Å². The van der Waals surface area contributed by atoms with E-state index in [9.17, 15) is 22.4 Å². The lowest BCUT2D eigenvalue weighted by atomic mass is 10.0. The Morgan fingerprint density at radius 1 is 1.28 bits per heavy atom. The number of rotatable bonds is 3. The maximum absolute atomic E-state index is 13.7. The van der Waals surface area contributed by atoms with Gasteiger partial charge in [0.25, 0.3) is 0 Å². The first kappa shape index (κ1) is 14.2. The second-order valence-electron chi connectivity index (χ2n) is 3.50. The number of hydrogen-bond donors (Lipinski definition) is 0. The van der Waals surface area contributed by atoms with E-state index in [1.807, 2.05) is 0 Å². The number of ether oxygens (including phenoxy) is 1. The molecule has 0 radical (unpaired) electrons. The van der Waals surface area contributed by atoms with Gasteiger partial charge in [0.1, 0.15) is 0 Å². The van der Waals surface area contributed by atoms with Crippen molar-refractivity contribution in [1.82, 2.24) is 0 Å². The van der Waals surface area contributed by atoms with Gasteiger partial charge in [-0.25, -0.2) is 9.18 Å². The number of esters is 1. The van der Waals surface area contributed by atoms with Crippen LogP contribution in [0.5, 0.6) is 0 Å². The summed E-state index contributed by atoms with van der Waals surface area (Å²) in [5.74, 6) is -0.942. The molecular formula is C12H10F4O2. The fourth-order valence-electron chi connectivity index (χ4n) is 1.28. The highest BCUT2D eigenvalue weighted by atomic mass is 19.4. The van der Waals surface area contributed by atoms with Crippen LogP contribution in [0.2, 0.25) is 0 Å². The third-order valence-electron chi connectivity index (χ3n) is 2.28. The molecule has 0 saturated carbocycles. The summed E-state index contributed by atoms with van der Waals surface area (Å²) in [6.45, 7) is 3.20. The fraction of sp³-hybridized carbons (Fsp3) is 0.250. The zero-order valence-electron chi connectivity index (χ0n) is 9.42. The van der Waals surface area contributed by atoms with Gasteiger partial charge in [-0.15, -0.1) is 0 Å². The van der Waals surface area contributed by atoms with Gasteiger partial charge in [-0.2, -0.15) is 13.2 Å². The number of benzene rings is 1. The van der Waals surface area contributed by atoms with Crippen LogP contribution in [0.15, 0.2) is 36.4 Å². The van der Waals surface area contributed by atoms with Gasteiger partial charge >= 0.3 is 12.1 Å². The van der Waals surface area contributed by atoms with Crippen molar-refractivity contribution in [1.29, 1.82) is 0 Å². The summed E-state index contributed by atoms with van der Waals surface area (Å²) in [7, 11) is 1.06. The first-order valence-corrected chi connectivity index (χ1v) is 4.85. The Morgan fingerprint density at radius 2 is 1.78 bits per heavy atom. The SMILES string of the molecule is C=C(C(=O)OC)C(F)c1ccc(C(F)(F)F)cc1. The largest absolute Gasteiger partial charge is 0.466 e. The van der Waals surface area contributed by atoms with Crippen molar-refractivity contribution in [3.8, 4) is 0 Å². The third-order valence-corrected chi connectivity index (χ3v) is 2.28. The molecule has 1 atom stereocenters. The van der Waals surface area contributed by atoms with Crippen molar-refractivity contribution < 1.29 is 27.1 Å². The van der Waals surface area contributed by atoms with Crippen LogP contribution >= 0.6 is 0 Å². The summed E-state index contributed by atoms with van der Waals surface area (Å²) in [6.07, 6.45) is -6.37. The Balaban J connectivity index is 2.92. The summed E-state index contributed by atoms with van der Waals surface area (Å²) >= 11 is 0. The Morgan fingerprint density at radius 3 is 2.17 bits per heavy atom. The van der Waals surface area contributed by atoms with Gasteiger partial charge in [0, 0.05) is 0 Å². The number of methoxy groups -OCH3 is 1. The third kappa shape index (κ3) is 3.09. The predicted molar refractivity (Wildman–Crippen MR) is 56.4 cm³/mol. The minimum absolute atomic E-state index is 0.0848. The number of carbonyl (C=O) groups is 1. The molecule has 0 saturated heterocycles. The van der Waals surface area contributed by atoms with Crippen LogP contribution in [-0.2, 0) is 15.7 Å². The van der Waals surface area contributed by atoms with Crippen molar-refractivity contribution in [2.24, 2.45) is 0 Å². The first-order valence-electron chi connectivity index (χ1n) is 4.85. The number of carbonyl (C=O) groups excluding carboxylic acids is 1. The van der Waals surface area contributed by atoms with Crippen LogP contribution in [0.25, 0.3) is 0 Å². The average molecular weight is 262 g/mol. The van der Waals surface area contributed by atoms with Crippen LogP contribution in [0, 0.1) is 0 Å². The molecule has 0 bridgehead atoms. The molecule has 18 heavy (non-hydrogen) atoms. The van der Waals surface area contributed by atoms with Gasteiger partial charge in [-0.05, 0) is 17.7 Å². The molecule has 0 aromatic heterocycles. The second-order valence-corrected chi connectivity index (χ2v) is 3.50. The number of hydrogen-bond acceptors (Lipinski definition) is 2. The van der Waals surface area contributed by atoms with E-state index >= 15 is 0 Å². The van der Waals surface area contributed by atoms with Crippen LogP contribution in [0.3, 0.4) is 0 Å². The monoisotopic (exact) mass is 262 g/mol. The molecule has 6 heteroatoms. The molecule has 0 aliphatic carbocycles. The van der Waals surface area contributed by atoms with E-state index in [0.29, 0.717) is 0 Å². The van der Waals surface area contributed by atoms with Gasteiger partial charge in [0.05, 0.1) is 18.2 Å². The molecule has 0 amide bonds. The van der Waals surface area contributed by atoms with Crippen LogP contribution in [0.1, 0.15) is 17.3 Å². The Bertz CT molecular complexity index is 448. The lowest BCUT2D eigenvalue weighted by molar-refractivity contribution is -0.138. The predicted octanol–water partition coefficient (Wildman–Crippen LogP) is 3.45. The van der Waals surface area contributed by atoms with E-state index in [1.54, 1.807) is 0 Å². The van der Waals surface area contributed by atoms with E-state index in [2.05, 4.69) is 11.3 Å². The number of alkyl halides is 4. The molecular weight excluding hydrogens is 252 g/mol. The molecule has 1 unspecified atom stereocenters. The molecule has 0 heterocycles. The number of halogens is 4. The molecule has 1 aromatic carbocycles. The maximum atomic E-state index is 13.7. The zero-order valence-corrected chi connectivity index (χ0v) is 9.42. The Kier molecular flexibility index (Phi) is 4.11. The van der Waals surface area contributed by atoms with E-state index in [1.165, 1.54) is 0 Å². The van der Waals surface area contributed by atoms with Gasteiger partial charge in [-0.3, -0.25) is 0 Å². The molecule has 0 spiro atoms. The minimum Gasteiger partial charge on any atom is -0.466 e. The van der Waals surface area contributed by atoms with Crippen molar-refractivity contribution in [3.63, 3.8) is 0 Å². The highest BCUT2D eigenvalue weighted by Gasteiger charge is 2.30. The topological polar surface area (TPSA) is 26.3 Å².